The van der Waals surface area contributed by atoms with Crippen molar-refractivity contribution in [2.75, 3.05) is 19.7 Å². The second-order valence-corrected chi connectivity index (χ2v) is 3.08. The zero-order chi connectivity index (χ0) is 7.94. The van der Waals surface area contributed by atoms with E-state index in [0.717, 1.165) is 19.0 Å². The third-order valence-corrected chi connectivity index (χ3v) is 2.10. The van der Waals surface area contributed by atoms with Crippen LogP contribution in [-0.2, 0) is 0 Å². The van der Waals surface area contributed by atoms with Gasteiger partial charge in [0.1, 0.15) is 0 Å². The third kappa shape index (κ3) is 4.75. The predicted octanol–water partition coefficient (Wildman–Crippen LogP) is 1.35. The Balaban J connectivity index is 0.00000121. The van der Waals surface area contributed by atoms with Crippen LogP contribution >= 0.6 is 12.4 Å². The smallest absolute Gasteiger partial charge is 0.0555 e. The SMILES string of the molecule is Cl.OCCNCC1CC=CCC1. The second kappa shape index (κ2) is 7.59. The van der Waals surface area contributed by atoms with Gasteiger partial charge in [0.25, 0.3) is 0 Å². The number of nitrogens with one attached hydrogen (secondary N) is 1. The van der Waals surface area contributed by atoms with Crippen molar-refractivity contribution in [3.05, 3.63) is 12.2 Å². The van der Waals surface area contributed by atoms with Crippen LogP contribution < -0.4 is 5.32 Å². The predicted molar refractivity (Wildman–Crippen MR) is 53.7 cm³/mol. The Hall–Kier alpha value is -0.0500. The first kappa shape index (κ1) is 11.9. The van der Waals surface area contributed by atoms with E-state index in [0.29, 0.717) is 0 Å². The molecule has 12 heavy (non-hydrogen) atoms. The van der Waals surface area contributed by atoms with Gasteiger partial charge in [0.15, 0.2) is 0 Å². The van der Waals surface area contributed by atoms with Crippen LogP contribution in [0.15, 0.2) is 12.2 Å². The number of aliphatic hydroxyl groups is 1. The second-order valence-electron chi connectivity index (χ2n) is 3.08. The van der Waals surface area contributed by atoms with Crippen molar-refractivity contribution in [1.29, 1.82) is 0 Å². The number of halogens is 1. The molecule has 2 nitrogen and oxygen atoms in total. The highest BCUT2D eigenvalue weighted by Crippen LogP contribution is 2.16. The van der Waals surface area contributed by atoms with Crippen LogP contribution in [0.2, 0.25) is 0 Å². The minimum absolute atomic E-state index is 0. The van der Waals surface area contributed by atoms with Crippen molar-refractivity contribution in [3.63, 3.8) is 0 Å². The Bertz CT molecular complexity index is 128. The summed E-state index contributed by atoms with van der Waals surface area (Å²) in [4.78, 5) is 0. The van der Waals surface area contributed by atoms with Gasteiger partial charge in [0.2, 0.25) is 0 Å². The number of rotatable bonds is 4. The van der Waals surface area contributed by atoms with E-state index in [1.165, 1.54) is 19.3 Å². The number of allylic oxidation sites excluding steroid dienone is 2. The zero-order valence-electron chi connectivity index (χ0n) is 7.33. The molecule has 0 fully saturated rings. The number of hydrogen-bond acceptors (Lipinski definition) is 2. The van der Waals surface area contributed by atoms with Gasteiger partial charge in [-0.15, -0.1) is 12.4 Å². The van der Waals surface area contributed by atoms with Gasteiger partial charge >= 0.3 is 0 Å². The standard InChI is InChI=1S/C9H17NO.ClH/c11-7-6-10-8-9-4-2-1-3-5-9;/h1-2,9-11H,3-8H2;1H. The molecule has 0 aromatic heterocycles. The van der Waals surface area contributed by atoms with E-state index in [2.05, 4.69) is 17.5 Å². The van der Waals surface area contributed by atoms with Gasteiger partial charge in [0, 0.05) is 6.54 Å². The normalized spacial score (nSPS) is 21.9. The highest BCUT2D eigenvalue weighted by molar-refractivity contribution is 5.85. The van der Waals surface area contributed by atoms with Crippen LogP contribution in [0.1, 0.15) is 19.3 Å². The fraction of sp³-hybridized carbons (Fsp3) is 0.778. The molecule has 1 aliphatic carbocycles. The lowest BCUT2D eigenvalue weighted by molar-refractivity contribution is 0.286. The van der Waals surface area contributed by atoms with Crippen molar-refractivity contribution >= 4 is 12.4 Å². The fourth-order valence-corrected chi connectivity index (χ4v) is 1.43. The Labute approximate surface area is 80.5 Å². The van der Waals surface area contributed by atoms with Crippen LogP contribution in [-0.4, -0.2) is 24.8 Å². The molecule has 0 saturated carbocycles. The molecule has 72 valence electrons. The molecule has 0 aliphatic heterocycles. The van der Waals surface area contributed by atoms with E-state index in [1.807, 2.05) is 0 Å². The van der Waals surface area contributed by atoms with E-state index >= 15 is 0 Å². The van der Waals surface area contributed by atoms with Crippen LogP contribution in [0.4, 0.5) is 0 Å². The molecule has 0 amide bonds. The molecule has 0 radical (unpaired) electrons. The van der Waals surface area contributed by atoms with Crippen LogP contribution in [0.5, 0.6) is 0 Å². The van der Waals surface area contributed by atoms with Crippen LogP contribution in [0, 0.1) is 5.92 Å². The molecule has 1 rings (SSSR count). The largest absolute Gasteiger partial charge is 0.395 e. The average molecular weight is 192 g/mol. The first-order valence-corrected chi connectivity index (χ1v) is 4.40. The van der Waals surface area contributed by atoms with Crippen LogP contribution in [0.25, 0.3) is 0 Å². The van der Waals surface area contributed by atoms with Gasteiger partial charge in [0.05, 0.1) is 6.61 Å². The van der Waals surface area contributed by atoms with Crippen molar-refractivity contribution in [2.45, 2.75) is 19.3 Å². The molecular weight excluding hydrogens is 174 g/mol. The fourth-order valence-electron chi connectivity index (χ4n) is 1.43. The lowest BCUT2D eigenvalue weighted by atomic mass is 9.94. The molecule has 0 bridgehead atoms. The minimum Gasteiger partial charge on any atom is -0.395 e. The first-order valence-electron chi connectivity index (χ1n) is 4.40. The zero-order valence-corrected chi connectivity index (χ0v) is 8.15. The maximum Gasteiger partial charge on any atom is 0.0555 e. The molecule has 0 saturated heterocycles. The minimum atomic E-state index is 0. The van der Waals surface area contributed by atoms with Crippen LogP contribution in [0.3, 0.4) is 0 Å². The van der Waals surface area contributed by atoms with Crippen molar-refractivity contribution in [1.82, 2.24) is 5.32 Å². The Morgan fingerprint density at radius 2 is 2.25 bits per heavy atom. The van der Waals surface area contributed by atoms with Gasteiger partial charge in [-0.05, 0) is 31.7 Å². The summed E-state index contributed by atoms with van der Waals surface area (Å²) >= 11 is 0. The Kier molecular flexibility index (Phi) is 7.56. The highest BCUT2D eigenvalue weighted by atomic mass is 35.5. The molecule has 2 N–H and O–H groups in total. The lowest BCUT2D eigenvalue weighted by Gasteiger charge is -2.17. The summed E-state index contributed by atoms with van der Waals surface area (Å²) in [6.45, 7) is 2.05. The first-order chi connectivity index (χ1) is 5.43. The van der Waals surface area contributed by atoms with E-state index in [4.69, 9.17) is 5.11 Å². The lowest BCUT2D eigenvalue weighted by Crippen LogP contribution is -2.25. The monoisotopic (exact) mass is 191 g/mol. The van der Waals surface area contributed by atoms with Gasteiger partial charge in [-0.2, -0.15) is 0 Å². The van der Waals surface area contributed by atoms with Crippen molar-refractivity contribution in [2.24, 2.45) is 5.92 Å². The van der Waals surface area contributed by atoms with E-state index in [1.54, 1.807) is 0 Å². The third-order valence-electron chi connectivity index (χ3n) is 2.10. The highest BCUT2D eigenvalue weighted by Gasteiger charge is 2.07. The topological polar surface area (TPSA) is 32.3 Å². The molecule has 1 atom stereocenters. The van der Waals surface area contributed by atoms with Gasteiger partial charge in [-0.3, -0.25) is 0 Å². The van der Waals surface area contributed by atoms with Gasteiger partial charge in [-0.1, -0.05) is 12.2 Å². The average Bonchev–Trinajstić information content (AvgIpc) is 2.07. The molecule has 0 aromatic rings. The molecule has 1 aliphatic rings. The van der Waals surface area contributed by atoms with E-state index < -0.39 is 0 Å². The Morgan fingerprint density at radius 3 is 2.83 bits per heavy atom. The van der Waals surface area contributed by atoms with E-state index in [-0.39, 0.29) is 19.0 Å². The molecular formula is C9H18ClNO. The quantitative estimate of drug-likeness (QED) is 0.520. The number of hydrogen-bond donors (Lipinski definition) is 2. The summed E-state index contributed by atoms with van der Waals surface area (Å²) in [6.07, 6.45) is 8.25. The van der Waals surface area contributed by atoms with E-state index in [9.17, 15) is 0 Å². The maximum atomic E-state index is 8.52. The summed E-state index contributed by atoms with van der Waals surface area (Å²) in [5.41, 5.74) is 0. The molecule has 0 spiro atoms. The molecule has 3 heteroatoms. The van der Waals surface area contributed by atoms with Gasteiger partial charge in [-0.25, -0.2) is 0 Å². The van der Waals surface area contributed by atoms with Crippen molar-refractivity contribution in [3.8, 4) is 0 Å². The van der Waals surface area contributed by atoms with Gasteiger partial charge < -0.3 is 10.4 Å². The molecule has 0 heterocycles. The Morgan fingerprint density at radius 1 is 1.42 bits per heavy atom. The van der Waals surface area contributed by atoms with Crippen molar-refractivity contribution < 1.29 is 5.11 Å². The summed E-state index contributed by atoms with van der Waals surface area (Å²) in [6, 6.07) is 0. The molecule has 0 aromatic carbocycles. The maximum absolute atomic E-state index is 8.52. The summed E-state index contributed by atoms with van der Waals surface area (Å²) in [5, 5.41) is 11.7. The number of aliphatic hydroxyl groups excluding tert-OH is 1. The molecule has 1 unspecified atom stereocenters. The summed E-state index contributed by atoms with van der Waals surface area (Å²) in [5.74, 6) is 0.798. The summed E-state index contributed by atoms with van der Waals surface area (Å²) in [7, 11) is 0. The summed E-state index contributed by atoms with van der Waals surface area (Å²) < 4.78 is 0.